The molecule has 1 amide bonds. The fourth-order valence-corrected chi connectivity index (χ4v) is 3.48. The Morgan fingerprint density at radius 2 is 1.91 bits per heavy atom. The normalized spacial score (nSPS) is 19.8. The Morgan fingerprint density at radius 3 is 2.57 bits per heavy atom. The van der Waals surface area contributed by atoms with Crippen molar-refractivity contribution in [2.45, 2.75) is 20.1 Å². The number of benzene rings is 1. The zero-order valence-electron chi connectivity index (χ0n) is 19.2. The molecular formula is C23H25FN6O5. The molecule has 1 aromatic carbocycles. The van der Waals surface area contributed by atoms with Gasteiger partial charge < -0.3 is 30.2 Å². The standard InChI is InChI=1S/C23H25FN6O5/c1-13(31)27-10-23(2)11-34-21(35-12-23)20-29-18(14-3-5-15(24)6-4-14)19(30-20)16-7-8-25-22(28-16)26-9-17(32)33/h3-8,21H,9-12H2,1-2H3,(H,27,31)(H,29,30)(H,32,33)(H,25,26,28). The third kappa shape index (κ3) is 5.97. The molecule has 3 heterocycles. The number of carbonyl (C=O) groups is 2. The van der Waals surface area contributed by atoms with E-state index in [0.717, 1.165) is 0 Å². The molecule has 1 fully saturated rings. The van der Waals surface area contributed by atoms with E-state index in [-0.39, 0.29) is 24.2 Å². The van der Waals surface area contributed by atoms with Gasteiger partial charge in [0.15, 0.2) is 5.82 Å². The summed E-state index contributed by atoms with van der Waals surface area (Å²) in [5.74, 6) is -1.04. The summed E-state index contributed by atoms with van der Waals surface area (Å²) in [7, 11) is 0. The molecule has 0 aliphatic carbocycles. The second kappa shape index (κ2) is 10.2. The highest BCUT2D eigenvalue weighted by Gasteiger charge is 2.35. The van der Waals surface area contributed by atoms with E-state index < -0.39 is 17.7 Å². The second-order valence-electron chi connectivity index (χ2n) is 8.54. The van der Waals surface area contributed by atoms with Gasteiger partial charge in [0, 0.05) is 30.6 Å². The first-order valence-electron chi connectivity index (χ1n) is 10.8. The van der Waals surface area contributed by atoms with Gasteiger partial charge in [-0.3, -0.25) is 9.59 Å². The average Bonchev–Trinajstić information content (AvgIpc) is 3.28. The topological polar surface area (TPSA) is 151 Å². The first-order valence-corrected chi connectivity index (χ1v) is 10.8. The minimum Gasteiger partial charge on any atom is -0.480 e. The maximum absolute atomic E-state index is 13.5. The van der Waals surface area contributed by atoms with Crippen molar-refractivity contribution >= 4 is 17.8 Å². The second-order valence-corrected chi connectivity index (χ2v) is 8.54. The van der Waals surface area contributed by atoms with Crippen molar-refractivity contribution in [3.8, 4) is 22.6 Å². The number of imidazole rings is 1. The number of amides is 1. The Balaban J connectivity index is 1.63. The van der Waals surface area contributed by atoms with Crippen LogP contribution >= 0.6 is 0 Å². The summed E-state index contributed by atoms with van der Waals surface area (Å²) in [6, 6.07) is 7.49. The number of H-pyrrole nitrogens is 1. The quantitative estimate of drug-likeness (QED) is 0.378. The number of halogens is 1. The number of aromatic nitrogens is 4. The number of hydrogen-bond donors (Lipinski definition) is 4. The molecule has 0 saturated carbocycles. The summed E-state index contributed by atoms with van der Waals surface area (Å²) in [6.45, 7) is 4.13. The van der Waals surface area contributed by atoms with Gasteiger partial charge in [-0.05, 0) is 30.3 Å². The molecule has 0 atom stereocenters. The Kier molecular flexibility index (Phi) is 7.03. The molecule has 4 N–H and O–H groups in total. The van der Waals surface area contributed by atoms with Crippen LogP contribution in [0.2, 0.25) is 0 Å². The summed E-state index contributed by atoms with van der Waals surface area (Å²) in [6.07, 6.45) is 0.697. The molecule has 3 aromatic rings. The van der Waals surface area contributed by atoms with E-state index in [2.05, 4.69) is 30.6 Å². The summed E-state index contributed by atoms with van der Waals surface area (Å²) in [5, 5.41) is 14.3. The molecule has 35 heavy (non-hydrogen) atoms. The summed E-state index contributed by atoms with van der Waals surface area (Å²) >= 11 is 0. The molecule has 0 bridgehead atoms. The van der Waals surface area contributed by atoms with Crippen LogP contribution in [0.5, 0.6) is 0 Å². The minimum absolute atomic E-state index is 0.130. The summed E-state index contributed by atoms with van der Waals surface area (Å²) < 4.78 is 25.4. The minimum atomic E-state index is -1.05. The van der Waals surface area contributed by atoms with Crippen LogP contribution in [0.25, 0.3) is 22.6 Å². The highest BCUT2D eigenvalue weighted by Crippen LogP contribution is 2.35. The van der Waals surface area contributed by atoms with E-state index in [9.17, 15) is 14.0 Å². The number of nitrogens with zero attached hydrogens (tertiary/aromatic N) is 3. The van der Waals surface area contributed by atoms with Crippen molar-refractivity contribution in [3.05, 3.63) is 48.2 Å². The van der Waals surface area contributed by atoms with Crippen LogP contribution in [0.1, 0.15) is 26.0 Å². The van der Waals surface area contributed by atoms with Gasteiger partial charge in [0.2, 0.25) is 18.1 Å². The van der Waals surface area contributed by atoms with Crippen molar-refractivity contribution in [1.82, 2.24) is 25.3 Å². The zero-order valence-corrected chi connectivity index (χ0v) is 19.2. The smallest absolute Gasteiger partial charge is 0.322 e. The maximum atomic E-state index is 13.5. The van der Waals surface area contributed by atoms with Crippen LogP contribution < -0.4 is 10.6 Å². The van der Waals surface area contributed by atoms with Crippen LogP contribution in [-0.2, 0) is 19.1 Å². The van der Waals surface area contributed by atoms with E-state index in [0.29, 0.717) is 48.2 Å². The van der Waals surface area contributed by atoms with E-state index in [1.807, 2.05) is 6.92 Å². The molecule has 184 valence electrons. The van der Waals surface area contributed by atoms with Crippen molar-refractivity contribution < 1.29 is 28.6 Å². The van der Waals surface area contributed by atoms with Gasteiger partial charge in [-0.25, -0.2) is 19.3 Å². The van der Waals surface area contributed by atoms with Crippen LogP contribution in [0.3, 0.4) is 0 Å². The van der Waals surface area contributed by atoms with Gasteiger partial charge in [-0.2, -0.15) is 0 Å². The Bertz CT molecular complexity index is 1210. The molecule has 12 heteroatoms. The van der Waals surface area contributed by atoms with Gasteiger partial charge in [0.05, 0.1) is 30.3 Å². The highest BCUT2D eigenvalue weighted by molar-refractivity contribution is 5.77. The van der Waals surface area contributed by atoms with E-state index >= 15 is 0 Å². The van der Waals surface area contributed by atoms with E-state index in [1.54, 1.807) is 18.2 Å². The number of aliphatic carboxylic acids is 1. The SMILES string of the molecule is CC(=O)NCC1(C)COC(c2nc(-c3ccc(F)cc3)c(-c3ccnc(NCC(=O)O)n3)[nH]2)OC1. The number of rotatable bonds is 8. The number of ether oxygens (including phenoxy) is 2. The van der Waals surface area contributed by atoms with Gasteiger partial charge in [0.25, 0.3) is 0 Å². The lowest BCUT2D eigenvalue weighted by Gasteiger charge is -2.36. The lowest BCUT2D eigenvalue weighted by molar-refractivity contribution is -0.232. The molecule has 1 saturated heterocycles. The third-order valence-corrected chi connectivity index (χ3v) is 5.30. The van der Waals surface area contributed by atoms with Gasteiger partial charge in [0.1, 0.15) is 12.4 Å². The predicted molar refractivity (Wildman–Crippen MR) is 123 cm³/mol. The van der Waals surface area contributed by atoms with Crippen LogP contribution in [0, 0.1) is 11.2 Å². The zero-order chi connectivity index (χ0) is 25.0. The molecule has 1 aliphatic heterocycles. The summed E-state index contributed by atoms with van der Waals surface area (Å²) in [5.41, 5.74) is 1.67. The largest absolute Gasteiger partial charge is 0.480 e. The molecule has 0 spiro atoms. The lowest BCUT2D eigenvalue weighted by Crippen LogP contribution is -2.45. The van der Waals surface area contributed by atoms with Crippen LogP contribution in [0.4, 0.5) is 10.3 Å². The first kappa shape index (κ1) is 24.2. The van der Waals surface area contributed by atoms with E-state index in [1.165, 1.54) is 25.3 Å². The summed E-state index contributed by atoms with van der Waals surface area (Å²) in [4.78, 5) is 38.4. The number of carboxylic acids is 1. The van der Waals surface area contributed by atoms with Gasteiger partial charge in [-0.1, -0.05) is 6.92 Å². The van der Waals surface area contributed by atoms with Crippen molar-refractivity contribution in [1.29, 1.82) is 0 Å². The fourth-order valence-electron chi connectivity index (χ4n) is 3.48. The monoisotopic (exact) mass is 484 g/mol. The number of nitrogens with one attached hydrogen (secondary N) is 3. The fraction of sp³-hybridized carbons (Fsp3) is 0.348. The Hall–Kier alpha value is -3.90. The van der Waals surface area contributed by atoms with Crippen LogP contribution in [-0.4, -0.2) is 63.2 Å². The number of carboxylic acid groups (broad SMARTS) is 1. The molecule has 0 unspecified atom stereocenters. The van der Waals surface area contributed by atoms with E-state index in [4.69, 9.17) is 14.6 Å². The van der Waals surface area contributed by atoms with Gasteiger partial charge >= 0.3 is 5.97 Å². The van der Waals surface area contributed by atoms with Crippen molar-refractivity contribution in [2.24, 2.45) is 5.41 Å². The molecule has 2 aromatic heterocycles. The van der Waals surface area contributed by atoms with Crippen molar-refractivity contribution in [2.75, 3.05) is 31.6 Å². The molecule has 1 aliphatic rings. The number of anilines is 1. The Labute approximate surface area is 200 Å². The van der Waals surface area contributed by atoms with Crippen molar-refractivity contribution in [3.63, 3.8) is 0 Å². The predicted octanol–water partition coefficient (Wildman–Crippen LogP) is 2.36. The highest BCUT2D eigenvalue weighted by atomic mass is 19.1. The maximum Gasteiger partial charge on any atom is 0.322 e. The average molecular weight is 484 g/mol. The molecule has 0 radical (unpaired) electrons. The lowest BCUT2D eigenvalue weighted by atomic mass is 9.92. The Morgan fingerprint density at radius 1 is 1.20 bits per heavy atom. The molecule has 11 nitrogen and oxygen atoms in total. The number of hydrogen-bond acceptors (Lipinski definition) is 8. The number of aromatic amines is 1. The number of carbonyl (C=O) groups excluding carboxylic acids is 1. The molecular weight excluding hydrogens is 459 g/mol. The van der Waals surface area contributed by atoms with Crippen LogP contribution in [0.15, 0.2) is 36.5 Å². The molecule has 4 rings (SSSR count). The first-order chi connectivity index (χ1) is 16.7. The third-order valence-electron chi connectivity index (χ3n) is 5.30. The van der Waals surface area contributed by atoms with Gasteiger partial charge in [-0.15, -0.1) is 0 Å².